The molecule has 0 saturated heterocycles. The van der Waals surface area contributed by atoms with Gasteiger partial charge in [0.15, 0.2) is 0 Å². The Hall–Kier alpha value is -6.58. The van der Waals surface area contributed by atoms with E-state index in [9.17, 15) is 0 Å². The lowest BCUT2D eigenvalue weighted by molar-refractivity contribution is 0.670. The third-order valence-corrected chi connectivity index (χ3v) is 9.67. The van der Waals surface area contributed by atoms with Gasteiger partial charge >= 0.3 is 0 Å². The summed E-state index contributed by atoms with van der Waals surface area (Å²) in [7, 11) is 0. The van der Waals surface area contributed by atoms with Crippen molar-refractivity contribution in [2.45, 2.75) is 0 Å². The molecule has 0 atom stereocenters. The summed E-state index contributed by atoms with van der Waals surface area (Å²) in [5.74, 6) is 0. The maximum Gasteiger partial charge on any atom is 0.143 e. The molecule has 8 aromatic carbocycles. The van der Waals surface area contributed by atoms with Gasteiger partial charge in [-0.1, -0.05) is 140 Å². The molecule has 0 N–H and O–H groups in total. The first-order valence-corrected chi connectivity index (χ1v) is 16.6. The Labute approximate surface area is 282 Å². The lowest BCUT2D eigenvalue weighted by Gasteiger charge is -2.29. The molecule has 0 saturated carbocycles. The molecule has 0 aliphatic heterocycles. The number of hydrogen-bond donors (Lipinski definition) is 0. The first-order chi connectivity index (χ1) is 24.3. The molecule has 10 rings (SSSR count). The fourth-order valence-corrected chi connectivity index (χ4v) is 7.42. The monoisotopic (exact) mass is 627 g/mol. The zero-order valence-corrected chi connectivity index (χ0v) is 26.5. The van der Waals surface area contributed by atoms with E-state index in [0.717, 1.165) is 94.0 Å². The molecular weight excluding hydrogens is 599 g/mol. The van der Waals surface area contributed by atoms with Crippen molar-refractivity contribution >= 4 is 71.7 Å². The van der Waals surface area contributed by atoms with E-state index in [2.05, 4.69) is 157 Å². The average molecular weight is 628 g/mol. The Morgan fingerprint density at radius 1 is 0.327 bits per heavy atom. The number of furan rings is 2. The Morgan fingerprint density at radius 2 is 0.857 bits per heavy atom. The summed E-state index contributed by atoms with van der Waals surface area (Å²) in [6, 6.07) is 62.0. The van der Waals surface area contributed by atoms with E-state index in [4.69, 9.17) is 8.83 Å². The number of rotatable bonds is 5. The summed E-state index contributed by atoms with van der Waals surface area (Å²) in [5, 5.41) is 6.67. The molecule has 0 radical (unpaired) electrons. The quantitative estimate of drug-likeness (QED) is 0.190. The van der Waals surface area contributed by atoms with Crippen molar-refractivity contribution in [3.05, 3.63) is 176 Å². The predicted molar refractivity (Wildman–Crippen MR) is 204 cm³/mol. The van der Waals surface area contributed by atoms with Gasteiger partial charge in [-0.2, -0.15) is 0 Å². The first kappa shape index (κ1) is 27.5. The van der Waals surface area contributed by atoms with Crippen LogP contribution in [0.4, 0.5) is 17.1 Å². The fraction of sp³-hybridized carbons (Fsp3) is 0. The predicted octanol–water partition coefficient (Wildman–Crippen LogP) is 13.4. The minimum Gasteiger partial charge on any atom is -0.455 e. The summed E-state index contributed by atoms with van der Waals surface area (Å²) in [6.07, 6.45) is 0. The van der Waals surface area contributed by atoms with Gasteiger partial charge in [-0.05, 0) is 47.5 Å². The van der Waals surface area contributed by atoms with E-state index in [1.54, 1.807) is 0 Å². The molecular formula is C46H29NO2. The molecule has 0 bridgehead atoms. The number of benzene rings is 8. The van der Waals surface area contributed by atoms with Crippen LogP contribution in [0.15, 0.2) is 185 Å². The molecule has 2 heterocycles. The average Bonchev–Trinajstić information content (AvgIpc) is 3.75. The standard InChI is InChI=1S/C46H29NO2/c1-2-13-30(14-3-1)33-15-6-9-22-41(33)47(42-29-40-37-18-8-11-24-44(37)49-46(40)38-19-5-4-16-35(38)42)32-27-25-31(26-28-32)34-20-12-21-39-36-17-7-10-23-43(36)48-45(34)39/h1-29H. The third kappa shape index (κ3) is 4.37. The minimum absolute atomic E-state index is 0.889. The van der Waals surface area contributed by atoms with E-state index in [-0.39, 0.29) is 0 Å². The van der Waals surface area contributed by atoms with Gasteiger partial charge in [0.2, 0.25) is 0 Å². The van der Waals surface area contributed by atoms with Gasteiger partial charge in [-0.15, -0.1) is 0 Å². The SMILES string of the molecule is c1ccc(-c2ccccc2N(c2ccc(-c3cccc4c3oc3ccccc34)cc2)c2cc3c4ccccc4oc3c3ccccc23)cc1. The van der Waals surface area contributed by atoms with Crippen molar-refractivity contribution in [1.29, 1.82) is 0 Å². The number of fused-ring (bicyclic) bond motifs is 8. The van der Waals surface area contributed by atoms with E-state index < -0.39 is 0 Å². The Kier molecular flexibility index (Phi) is 6.18. The molecule has 49 heavy (non-hydrogen) atoms. The molecule has 0 amide bonds. The molecule has 10 aromatic rings. The third-order valence-electron chi connectivity index (χ3n) is 9.67. The van der Waals surface area contributed by atoms with Gasteiger partial charge in [-0.3, -0.25) is 0 Å². The number of nitrogens with zero attached hydrogens (tertiary/aromatic N) is 1. The molecule has 3 heteroatoms. The van der Waals surface area contributed by atoms with Crippen molar-refractivity contribution in [2.75, 3.05) is 4.90 Å². The van der Waals surface area contributed by atoms with Crippen LogP contribution in [0, 0.1) is 0 Å². The van der Waals surface area contributed by atoms with Gasteiger partial charge in [0.1, 0.15) is 22.3 Å². The fourth-order valence-electron chi connectivity index (χ4n) is 7.42. The summed E-state index contributed by atoms with van der Waals surface area (Å²) in [5.41, 5.74) is 11.3. The van der Waals surface area contributed by atoms with E-state index >= 15 is 0 Å². The lowest BCUT2D eigenvalue weighted by atomic mass is 9.98. The zero-order valence-electron chi connectivity index (χ0n) is 26.5. The first-order valence-electron chi connectivity index (χ1n) is 16.6. The molecule has 0 spiro atoms. The largest absolute Gasteiger partial charge is 0.455 e. The second-order valence-corrected chi connectivity index (χ2v) is 12.5. The molecule has 3 nitrogen and oxygen atoms in total. The minimum atomic E-state index is 0.889. The molecule has 230 valence electrons. The van der Waals surface area contributed by atoms with Gasteiger partial charge in [0.05, 0.1) is 11.4 Å². The number of anilines is 3. The summed E-state index contributed by atoms with van der Waals surface area (Å²) < 4.78 is 12.9. The number of hydrogen-bond acceptors (Lipinski definition) is 3. The summed E-state index contributed by atoms with van der Waals surface area (Å²) in [6.45, 7) is 0. The van der Waals surface area contributed by atoms with Crippen LogP contribution in [0.25, 0.3) is 76.9 Å². The topological polar surface area (TPSA) is 29.5 Å². The van der Waals surface area contributed by atoms with Crippen molar-refractivity contribution in [3.63, 3.8) is 0 Å². The maximum absolute atomic E-state index is 6.50. The second-order valence-electron chi connectivity index (χ2n) is 12.5. The van der Waals surface area contributed by atoms with E-state index in [0.29, 0.717) is 0 Å². The van der Waals surface area contributed by atoms with Crippen molar-refractivity contribution in [2.24, 2.45) is 0 Å². The molecule has 0 aliphatic rings. The molecule has 0 aliphatic carbocycles. The highest BCUT2D eigenvalue weighted by Gasteiger charge is 2.22. The van der Waals surface area contributed by atoms with Crippen LogP contribution in [0.3, 0.4) is 0 Å². The van der Waals surface area contributed by atoms with Crippen molar-refractivity contribution < 1.29 is 8.83 Å². The smallest absolute Gasteiger partial charge is 0.143 e. The lowest BCUT2D eigenvalue weighted by Crippen LogP contribution is -2.12. The van der Waals surface area contributed by atoms with Gasteiger partial charge in [0, 0.05) is 49.1 Å². The molecule has 0 unspecified atom stereocenters. The number of para-hydroxylation sites is 4. The highest BCUT2D eigenvalue weighted by Crippen LogP contribution is 2.47. The Bertz CT molecular complexity index is 2830. The van der Waals surface area contributed by atoms with Crippen LogP contribution < -0.4 is 4.90 Å². The van der Waals surface area contributed by atoms with Crippen LogP contribution in [0.2, 0.25) is 0 Å². The maximum atomic E-state index is 6.50. The Balaban J connectivity index is 1.22. The normalized spacial score (nSPS) is 11.7. The zero-order chi connectivity index (χ0) is 32.3. The summed E-state index contributed by atoms with van der Waals surface area (Å²) >= 11 is 0. The Morgan fingerprint density at radius 3 is 1.63 bits per heavy atom. The van der Waals surface area contributed by atoms with Crippen LogP contribution in [0.5, 0.6) is 0 Å². The molecule has 2 aromatic heterocycles. The van der Waals surface area contributed by atoms with Crippen LogP contribution in [-0.4, -0.2) is 0 Å². The van der Waals surface area contributed by atoms with Crippen molar-refractivity contribution in [3.8, 4) is 22.3 Å². The van der Waals surface area contributed by atoms with Crippen LogP contribution in [-0.2, 0) is 0 Å². The van der Waals surface area contributed by atoms with E-state index in [1.807, 2.05) is 24.3 Å². The van der Waals surface area contributed by atoms with Gasteiger partial charge < -0.3 is 13.7 Å². The van der Waals surface area contributed by atoms with Gasteiger partial charge in [-0.25, -0.2) is 0 Å². The second kappa shape index (κ2) is 11.0. The summed E-state index contributed by atoms with van der Waals surface area (Å²) in [4.78, 5) is 2.40. The van der Waals surface area contributed by atoms with Gasteiger partial charge in [0.25, 0.3) is 0 Å². The van der Waals surface area contributed by atoms with Crippen LogP contribution in [0.1, 0.15) is 0 Å². The highest BCUT2D eigenvalue weighted by molar-refractivity contribution is 6.20. The van der Waals surface area contributed by atoms with E-state index in [1.165, 1.54) is 0 Å². The van der Waals surface area contributed by atoms with Crippen molar-refractivity contribution in [1.82, 2.24) is 0 Å². The highest BCUT2D eigenvalue weighted by atomic mass is 16.3. The molecule has 0 fully saturated rings. The van der Waals surface area contributed by atoms with Crippen LogP contribution >= 0.6 is 0 Å².